The summed E-state index contributed by atoms with van der Waals surface area (Å²) in [5, 5.41) is 14.5. The van der Waals surface area contributed by atoms with Crippen molar-refractivity contribution < 1.29 is 9.59 Å². The van der Waals surface area contributed by atoms with Crippen LogP contribution in [0.4, 0.5) is 21.9 Å². The second-order valence-corrected chi connectivity index (χ2v) is 15.6. The van der Waals surface area contributed by atoms with Gasteiger partial charge >= 0.3 is 6.03 Å². The van der Waals surface area contributed by atoms with Crippen molar-refractivity contribution in [2.24, 2.45) is 0 Å². The summed E-state index contributed by atoms with van der Waals surface area (Å²) >= 11 is 6.46. The monoisotopic (exact) mass is 728 g/mol. The zero-order chi connectivity index (χ0) is 36.1. The molecule has 10 nitrogen and oxygen atoms in total. The zero-order valence-corrected chi connectivity index (χ0v) is 30.7. The van der Waals surface area contributed by atoms with E-state index in [-0.39, 0.29) is 11.9 Å². The van der Waals surface area contributed by atoms with E-state index in [1.807, 2.05) is 18.2 Å². The Balaban J connectivity index is 0.767. The average Bonchev–Trinajstić information content (AvgIpc) is 3.84. The minimum absolute atomic E-state index is 0.209. The number of anilines is 3. The Bertz CT molecular complexity index is 2200. The summed E-state index contributed by atoms with van der Waals surface area (Å²) in [6, 6.07) is 24.6. The van der Waals surface area contributed by atoms with E-state index in [0.717, 1.165) is 98.1 Å². The van der Waals surface area contributed by atoms with Gasteiger partial charge in [-0.25, -0.2) is 4.79 Å². The normalized spacial score (nSPS) is 20.0. The fourth-order valence-electron chi connectivity index (χ4n) is 9.49. The number of carbonyl (C=O) groups excluding carboxylic acids is 2. The number of carbonyl (C=O) groups is 2. The Morgan fingerprint density at radius 2 is 1.49 bits per heavy atom. The smallest absolute Gasteiger partial charge is 0.328 e. The summed E-state index contributed by atoms with van der Waals surface area (Å²) in [7, 11) is 0. The number of urea groups is 1. The molecule has 0 spiro atoms. The highest BCUT2D eigenvalue weighted by Gasteiger charge is 2.31. The fraction of sp³-hybridized carbons (Fsp3) is 0.405. The van der Waals surface area contributed by atoms with Gasteiger partial charge in [0.1, 0.15) is 6.07 Å². The van der Waals surface area contributed by atoms with Crippen molar-refractivity contribution in [1.82, 2.24) is 19.8 Å². The molecule has 4 saturated heterocycles. The van der Waals surface area contributed by atoms with Gasteiger partial charge in [0.15, 0.2) is 0 Å². The van der Waals surface area contributed by atoms with Crippen LogP contribution in [0.25, 0.3) is 21.8 Å². The van der Waals surface area contributed by atoms with Crippen LogP contribution >= 0.6 is 11.6 Å². The maximum atomic E-state index is 12.6. The van der Waals surface area contributed by atoms with Crippen LogP contribution < -0.4 is 20.0 Å². The van der Waals surface area contributed by atoms with Crippen LogP contribution in [0.2, 0.25) is 5.02 Å². The second-order valence-electron chi connectivity index (χ2n) is 15.2. The van der Waals surface area contributed by atoms with Crippen molar-refractivity contribution in [3.63, 3.8) is 0 Å². The third kappa shape index (κ3) is 6.30. The first kappa shape index (κ1) is 33.8. The average molecular weight is 729 g/mol. The number of H-pyrrole nitrogens is 1. The van der Waals surface area contributed by atoms with Crippen LogP contribution in [0, 0.1) is 11.3 Å². The molecule has 4 aliphatic heterocycles. The number of piperidine rings is 3. The molecular formula is C42H45ClN8O2. The molecule has 6 heterocycles. The van der Waals surface area contributed by atoms with Gasteiger partial charge in [-0.3, -0.25) is 15.0 Å². The lowest BCUT2D eigenvalue weighted by molar-refractivity contribution is -0.120. The van der Waals surface area contributed by atoms with Crippen molar-refractivity contribution in [3.8, 4) is 6.07 Å². The maximum absolute atomic E-state index is 12.6. The van der Waals surface area contributed by atoms with Gasteiger partial charge in [0.05, 0.1) is 33.0 Å². The Labute approximate surface area is 314 Å². The summed E-state index contributed by atoms with van der Waals surface area (Å²) in [5.74, 6) is 0.337. The molecule has 11 heteroatoms. The van der Waals surface area contributed by atoms with Gasteiger partial charge < -0.3 is 24.3 Å². The third-order valence-electron chi connectivity index (χ3n) is 12.4. The van der Waals surface area contributed by atoms with E-state index in [9.17, 15) is 14.9 Å². The first-order valence-corrected chi connectivity index (χ1v) is 19.6. The van der Waals surface area contributed by atoms with Crippen molar-refractivity contribution in [1.29, 1.82) is 5.26 Å². The predicted octanol–water partition coefficient (Wildman–Crippen LogP) is 7.78. The Morgan fingerprint density at radius 1 is 0.755 bits per heavy atom. The molecule has 4 aliphatic rings. The summed E-state index contributed by atoms with van der Waals surface area (Å²) < 4.78 is 2.41. The predicted molar refractivity (Wildman–Crippen MR) is 211 cm³/mol. The second kappa shape index (κ2) is 14.1. The van der Waals surface area contributed by atoms with Crippen LogP contribution in [0.3, 0.4) is 0 Å². The molecule has 272 valence electrons. The van der Waals surface area contributed by atoms with Gasteiger partial charge in [-0.15, -0.1) is 0 Å². The number of likely N-dealkylation sites (tertiary alicyclic amines) is 1. The number of rotatable bonds is 6. The number of nitrogens with one attached hydrogen (secondary N) is 2. The van der Waals surface area contributed by atoms with E-state index in [4.69, 9.17) is 11.6 Å². The van der Waals surface area contributed by atoms with Gasteiger partial charge in [0.2, 0.25) is 5.91 Å². The van der Waals surface area contributed by atoms with Crippen LogP contribution in [-0.2, 0) is 4.79 Å². The van der Waals surface area contributed by atoms with Gasteiger partial charge in [0.25, 0.3) is 0 Å². The number of halogens is 1. The highest BCUT2D eigenvalue weighted by atomic mass is 35.5. The van der Waals surface area contributed by atoms with Gasteiger partial charge in [0, 0.05) is 93.2 Å². The lowest BCUT2D eigenvalue weighted by atomic mass is 9.89. The summed E-state index contributed by atoms with van der Waals surface area (Å²) in [6.07, 6.45) is 11.1. The first-order valence-electron chi connectivity index (χ1n) is 19.2. The molecule has 2 N–H and O–H groups in total. The molecule has 9 rings (SSSR count). The van der Waals surface area contributed by atoms with Gasteiger partial charge in [-0.1, -0.05) is 29.8 Å². The van der Waals surface area contributed by atoms with Crippen LogP contribution in [0.15, 0.2) is 73.1 Å². The van der Waals surface area contributed by atoms with E-state index < -0.39 is 0 Å². The molecule has 0 saturated carbocycles. The number of aromatic amines is 1. The number of fused-ring (bicyclic) bond motifs is 2. The lowest BCUT2D eigenvalue weighted by Gasteiger charge is -2.42. The number of nitrogens with zero attached hydrogens (tertiary/aromatic N) is 6. The van der Waals surface area contributed by atoms with Crippen molar-refractivity contribution in [2.75, 3.05) is 60.5 Å². The standard InChI is InChI=1S/C42H45ClN8O2/c43-35-8-9-38(41-40(35)30(26-44)27-45-41)49-18-10-29(11-19-49)28-4-6-31(7-5-28)47-20-12-32(13-21-47)48-22-14-33(15-23-48)50-24-16-34-36(50)2-1-3-37(34)51-25-17-39(52)46-42(51)53/h1-9,16,24,27,29,32-33,45H,10-15,17-23,25H2,(H,46,52,53). The molecule has 5 aromatic rings. The lowest BCUT2D eigenvalue weighted by Crippen LogP contribution is -2.49. The number of amides is 3. The van der Waals surface area contributed by atoms with Crippen LogP contribution in [0.1, 0.15) is 68.0 Å². The van der Waals surface area contributed by atoms with Crippen molar-refractivity contribution in [3.05, 3.63) is 89.2 Å². The largest absolute Gasteiger partial charge is 0.371 e. The first-order chi connectivity index (χ1) is 25.9. The van der Waals surface area contributed by atoms with Crippen LogP contribution in [0.5, 0.6) is 0 Å². The molecule has 0 atom stereocenters. The highest BCUT2D eigenvalue weighted by molar-refractivity contribution is 6.36. The number of imide groups is 1. The number of benzene rings is 3. The van der Waals surface area contributed by atoms with Crippen molar-refractivity contribution >= 4 is 62.4 Å². The molecule has 3 amide bonds. The summed E-state index contributed by atoms with van der Waals surface area (Å²) in [4.78, 5) is 37.0. The van der Waals surface area contributed by atoms with Crippen molar-refractivity contribution in [2.45, 2.75) is 62.9 Å². The minimum atomic E-state index is -0.336. The molecule has 4 fully saturated rings. The molecule has 3 aromatic carbocycles. The number of aromatic nitrogens is 2. The fourth-order valence-corrected chi connectivity index (χ4v) is 9.75. The van der Waals surface area contributed by atoms with Gasteiger partial charge in [-0.05, 0) is 92.5 Å². The Morgan fingerprint density at radius 3 is 2.23 bits per heavy atom. The Hall–Kier alpha value is -4.98. The number of hydrogen-bond donors (Lipinski definition) is 2. The van der Waals surface area contributed by atoms with Crippen LogP contribution in [-0.4, -0.2) is 78.2 Å². The number of nitriles is 1. The highest BCUT2D eigenvalue weighted by Crippen LogP contribution is 2.38. The third-order valence-corrected chi connectivity index (χ3v) is 12.7. The topological polar surface area (TPSA) is 104 Å². The summed E-state index contributed by atoms with van der Waals surface area (Å²) in [5.41, 5.74) is 7.47. The van der Waals surface area contributed by atoms with E-state index in [0.29, 0.717) is 41.6 Å². The van der Waals surface area contributed by atoms with E-state index in [1.165, 1.54) is 24.1 Å². The molecule has 0 aliphatic carbocycles. The number of hydrogen-bond acceptors (Lipinski definition) is 6. The molecule has 53 heavy (non-hydrogen) atoms. The van der Waals surface area contributed by atoms with E-state index >= 15 is 0 Å². The molecule has 0 bridgehead atoms. The summed E-state index contributed by atoms with van der Waals surface area (Å²) in [6.45, 7) is 6.74. The van der Waals surface area contributed by atoms with Gasteiger partial charge in [-0.2, -0.15) is 5.26 Å². The van der Waals surface area contributed by atoms with E-state index in [2.05, 4.69) is 84.3 Å². The molecule has 0 unspecified atom stereocenters. The molecular weight excluding hydrogens is 684 g/mol. The quantitative estimate of drug-likeness (QED) is 0.185. The molecule has 2 aromatic heterocycles. The van der Waals surface area contributed by atoms with E-state index in [1.54, 1.807) is 11.1 Å². The molecule has 0 radical (unpaired) electrons. The maximum Gasteiger partial charge on any atom is 0.328 e. The SMILES string of the molecule is N#Cc1c[nH]c2c(N3CCC(c4ccc(N5CCC(N6CCC(n7ccc8c(N9CCC(=O)NC9=O)cccc87)CC6)CC5)cc4)CC3)ccc(Cl)c12. The zero-order valence-electron chi connectivity index (χ0n) is 29.9. The Kier molecular flexibility index (Phi) is 9.00. The minimum Gasteiger partial charge on any atom is -0.371 e.